The molecule has 8 heteroatoms. The Labute approximate surface area is 121 Å². The van der Waals surface area contributed by atoms with E-state index in [9.17, 15) is 19.2 Å². The monoisotopic (exact) mass is 304 g/mol. The average molecular weight is 304 g/mol. The normalized spacial score (nSPS) is 13.2. The maximum atomic E-state index is 11.5. The summed E-state index contributed by atoms with van der Waals surface area (Å²) in [6.07, 6.45) is 0.889. The van der Waals surface area contributed by atoms with Crippen molar-refractivity contribution in [2.45, 2.75) is 39.0 Å². The highest BCUT2D eigenvalue weighted by Crippen LogP contribution is 2.21. The first kappa shape index (κ1) is 18.9. The van der Waals surface area contributed by atoms with Crippen LogP contribution in [0.5, 0.6) is 0 Å². The zero-order chi connectivity index (χ0) is 16.4. The van der Waals surface area contributed by atoms with Gasteiger partial charge in [0, 0.05) is 0 Å². The summed E-state index contributed by atoms with van der Waals surface area (Å²) in [7, 11) is 0. The molecule has 0 aliphatic heterocycles. The third-order valence-corrected chi connectivity index (χ3v) is 2.91. The van der Waals surface area contributed by atoms with Gasteiger partial charge in [0.05, 0.1) is 31.3 Å². The number of carboxylic acids is 3. The first-order valence-electron chi connectivity index (χ1n) is 6.62. The van der Waals surface area contributed by atoms with Gasteiger partial charge in [0.15, 0.2) is 0 Å². The van der Waals surface area contributed by atoms with Gasteiger partial charge in [0.25, 0.3) is 0 Å². The van der Waals surface area contributed by atoms with E-state index in [4.69, 9.17) is 20.1 Å². The number of carbonyl (C=O) groups is 4. The summed E-state index contributed by atoms with van der Waals surface area (Å²) in [5, 5.41) is 26.5. The van der Waals surface area contributed by atoms with Gasteiger partial charge in [-0.2, -0.15) is 0 Å². The first-order valence-corrected chi connectivity index (χ1v) is 6.62. The minimum Gasteiger partial charge on any atom is -0.481 e. The highest BCUT2D eigenvalue weighted by Gasteiger charge is 2.37. The molecule has 0 spiro atoms. The Morgan fingerprint density at radius 2 is 1.43 bits per heavy atom. The van der Waals surface area contributed by atoms with Crippen molar-refractivity contribution in [1.29, 1.82) is 0 Å². The van der Waals surface area contributed by atoms with Crippen LogP contribution in [0.1, 0.15) is 39.0 Å². The van der Waals surface area contributed by atoms with Crippen molar-refractivity contribution in [3.63, 3.8) is 0 Å². The Kier molecular flexibility index (Phi) is 8.75. The lowest BCUT2D eigenvalue weighted by Gasteiger charge is -2.18. The summed E-state index contributed by atoms with van der Waals surface area (Å²) in [6.45, 7) is 2.10. The molecule has 0 rings (SSSR count). The van der Waals surface area contributed by atoms with Crippen LogP contribution in [0, 0.1) is 11.8 Å². The minimum absolute atomic E-state index is 0.135. The van der Waals surface area contributed by atoms with Crippen molar-refractivity contribution in [2.24, 2.45) is 11.8 Å². The molecule has 0 aliphatic carbocycles. The van der Waals surface area contributed by atoms with E-state index < -0.39 is 48.6 Å². The lowest BCUT2D eigenvalue weighted by Crippen LogP contribution is -2.33. The van der Waals surface area contributed by atoms with E-state index in [1.165, 1.54) is 0 Å². The van der Waals surface area contributed by atoms with Crippen molar-refractivity contribution in [1.82, 2.24) is 0 Å². The number of aliphatic carboxylic acids is 3. The van der Waals surface area contributed by atoms with Gasteiger partial charge in [-0.05, 0) is 6.42 Å². The second-order valence-corrected chi connectivity index (χ2v) is 4.62. The second kappa shape index (κ2) is 9.73. The molecule has 0 saturated heterocycles. The van der Waals surface area contributed by atoms with Crippen LogP contribution in [-0.2, 0) is 23.9 Å². The predicted molar refractivity (Wildman–Crippen MR) is 69.6 cm³/mol. The molecule has 0 radical (unpaired) electrons. The number of esters is 1. The fourth-order valence-corrected chi connectivity index (χ4v) is 1.77. The molecule has 21 heavy (non-hydrogen) atoms. The maximum absolute atomic E-state index is 11.5. The first-order chi connectivity index (χ1) is 9.79. The number of carboxylic acid groups (broad SMARTS) is 3. The highest BCUT2D eigenvalue weighted by atomic mass is 16.5. The molecule has 120 valence electrons. The number of unbranched alkanes of at least 4 members (excludes halogenated alkanes) is 2. The highest BCUT2D eigenvalue weighted by molar-refractivity contribution is 5.86. The van der Waals surface area contributed by atoms with E-state index in [1.54, 1.807) is 0 Å². The van der Waals surface area contributed by atoms with Gasteiger partial charge in [-0.3, -0.25) is 19.2 Å². The Bertz CT molecular complexity index is 390. The van der Waals surface area contributed by atoms with Crippen LogP contribution in [0.25, 0.3) is 0 Å². The molecule has 8 nitrogen and oxygen atoms in total. The van der Waals surface area contributed by atoms with Gasteiger partial charge >= 0.3 is 23.9 Å². The minimum atomic E-state index is -1.68. The summed E-state index contributed by atoms with van der Waals surface area (Å²) >= 11 is 0. The number of ether oxygens (including phenoxy) is 1. The number of carbonyl (C=O) groups excluding carboxylic acids is 1. The Morgan fingerprint density at radius 3 is 1.86 bits per heavy atom. The standard InChI is InChI=1S/C13H20O8/c1-2-3-4-5-21-11(16)7-9(13(19)20)8(12(17)18)6-10(14)15/h8-9H,2-7H2,1H3,(H,14,15)(H,17,18)(H,19,20). The molecule has 2 unspecified atom stereocenters. The molecule has 2 atom stereocenters. The van der Waals surface area contributed by atoms with Crippen LogP contribution in [0.2, 0.25) is 0 Å². The smallest absolute Gasteiger partial charge is 0.307 e. The number of rotatable bonds is 11. The summed E-state index contributed by atoms with van der Waals surface area (Å²) in [6, 6.07) is 0. The molecule has 0 saturated carbocycles. The van der Waals surface area contributed by atoms with E-state index in [0.717, 1.165) is 12.8 Å². The SMILES string of the molecule is CCCCCOC(=O)CC(C(=O)O)C(CC(=O)O)C(=O)O. The lowest BCUT2D eigenvalue weighted by molar-refractivity contribution is -0.161. The van der Waals surface area contributed by atoms with Crippen molar-refractivity contribution in [3.05, 3.63) is 0 Å². The van der Waals surface area contributed by atoms with Gasteiger partial charge in [-0.25, -0.2) is 0 Å². The van der Waals surface area contributed by atoms with Gasteiger partial charge < -0.3 is 20.1 Å². The van der Waals surface area contributed by atoms with E-state index in [-0.39, 0.29) is 6.61 Å². The third-order valence-electron chi connectivity index (χ3n) is 2.91. The van der Waals surface area contributed by atoms with E-state index in [1.807, 2.05) is 6.92 Å². The summed E-state index contributed by atoms with van der Waals surface area (Å²) in [5.74, 6) is -8.68. The van der Waals surface area contributed by atoms with Crippen LogP contribution < -0.4 is 0 Å². The fourth-order valence-electron chi connectivity index (χ4n) is 1.77. The molecule has 0 fully saturated rings. The largest absolute Gasteiger partial charge is 0.481 e. The van der Waals surface area contributed by atoms with Gasteiger partial charge in [-0.1, -0.05) is 19.8 Å². The van der Waals surface area contributed by atoms with E-state index in [2.05, 4.69) is 0 Å². The van der Waals surface area contributed by atoms with Crippen LogP contribution in [0.3, 0.4) is 0 Å². The van der Waals surface area contributed by atoms with Gasteiger partial charge in [0.2, 0.25) is 0 Å². The molecule has 0 aromatic heterocycles. The van der Waals surface area contributed by atoms with Crippen LogP contribution >= 0.6 is 0 Å². The van der Waals surface area contributed by atoms with Crippen LogP contribution in [0.4, 0.5) is 0 Å². The average Bonchev–Trinajstić information content (AvgIpc) is 2.38. The van der Waals surface area contributed by atoms with Crippen molar-refractivity contribution in [2.75, 3.05) is 6.61 Å². The molecule has 3 N–H and O–H groups in total. The van der Waals surface area contributed by atoms with Gasteiger partial charge in [0.1, 0.15) is 0 Å². The zero-order valence-electron chi connectivity index (χ0n) is 11.8. The number of hydrogen-bond donors (Lipinski definition) is 3. The molecular formula is C13H20O8. The fraction of sp³-hybridized carbons (Fsp3) is 0.692. The van der Waals surface area contributed by atoms with E-state index >= 15 is 0 Å². The molecule has 0 aliphatic rings. The molecule has 0 aromatic carbocycles. The quantitative estimate of drug-likeness (QED) is 0.379. The Morgan fingerprint density at radius 1 is 0.905 bits per heavy atom. The van der Waals surface area contributed by atoms with Crippen LogP contribution in [-0.4, -0.2) is 45.8 Å². The molecule has 0 bridgehead atoms. The molecule has 0 aromatic rings. The maximum Gasteiger partial charge on any atom is 0.307 e. The van der Waals surface area contributed by atoms with Crippen molar-refractivity contribution >= 4 is 23.9 Å². The topological polar surface area (TPSA) is 138 Å². The van der Waals surface area contributed by atoms with E-state index in [0.29, 0.717) is 6.42 Å². The molecule has 0 heterocycles. The van der Waals surface area contributed by atoms with Crippen LogP contribution in [0.15, 0.2) is 0 Å². The summed E-state index contributed by atoms with van der Waals surface area (Å²) in [5.41, 5.74) is 0. The molecule has 0 amide bonds. The Hall–Kier alpha value is -2.12. The number of hydrogen-bond acceptors (Lipinski definition) is 5. The Balaban J connectivity index is 4.65. The van der Waals surface area contributed by atoms with Crippen molar-refractivity contribution < 1.29 is 39.2 Å². The predicted octanol–water partition coefficient (Wildman–Crippen LogP) is 0.986. The zero-order valence-corrected chi connectivity index (χ0v) is 11.8. The molecular weight excluding hydrogens is 284 g/mol. The second-order valence-electron chi connectivity index (χ2n) is 4.62. The summed E-state index contributed by atoms with van der Waals surface area (Å²) in [4.78, 5) is 44.2. The van der Waals surface area contributed by atoms with Crippen molar-refractivity contribution in [3.8, 4) is 0 Å². The lowest BCUT2D eigenvalue weighted by atomic mass is 9.87. The summed E-state index contributed by atoms with van der Waals surface area (Å²) < 4.78 is 4.82. The third kappa shape index (κ3) is 7.91. The van der Waals surface area contributed by atoms with Gasteiger partial charge in [-0.15, -0.1) is 0 Å².